The van der Waals surface area contributed by atoms with E-state index in [-0.39, 0.29) is 10.8 Å². The molecular formula is C35H51NO3S. The number of rotatable bonds is 10. The van der Waals surface area contributed by atoms with Crippen molar-refractivity contribution >= 4 is 11.3 Å². The van der Waals surface area contributed by atoms with Crippen LogP contribution < -0.4 is 0 Å². The van der Waals surface area contributed by atoms with E-state index in [1.165, 1.54) is 56.2 Å². The van der Waals surface area contributed by atoms with Gasteiger partial charge < -0.3 is 15.3 Å². The van der Waals surface area contributed by atoms with Crippen LogP contribution in [0, 0.1) is 23.2 Å². The van der Waals surface area contributed by atoms with Gasteiger partial charge in [0.2, 0.25) is 0 Å². The fourth-order valence-corrected chi connectivity index (χ4v) is 9.33. The lowest BCUT2D eigenvalue weighted by Gasteiger charge is -2.44. The van der Waals surface area contributed by atoms with E-state index in [0.29, 0.717) is 30.6 Å². The summed E-state index contributed by atoms with van der Waals surface area (Å²) in [5, 5.41) is 35.1. The third-order valence-corrected chi connectivity index (χ3v) is 12.0. The molecule has 4 nitrogen and oxygen atoms in total. The van der Waals surface area contributed by atoms with E-state index >= 15 is 0 Å². The molecule has 1 heterocycles. The van der Waals surface area contributed by atoms with E-state index in [4.69, 9.17) is 4.98 Å². The molecule has 4 aliphatic carbocycles. The molecule has 0 aromatic carbocycles. The first-order valence-corrected chi connectivity index (χ1v) is 16.8. The Labute approximate surface area is 246 Å². The molecule has 220 valence electrons. The van der Waals surface area contributed by atoms with E-state index in [1.54, 1.807) is 11.3 Å². The zero-order valence-electron chi connectivity index (χ0n) is 24.9. The van der Waals surface area contributed by atoms with Gasteiger partial charge in [-0.3, -0.25) is 0 Å². The number of aromatic nitrogens is 1. The monoisotopic (exact) mass is 565 g/mol. The van der Waals surface area contributed by atoms with Gasteiger partial charge in [-0.25, -0.2) is 4.98 Å². The fraction of sp³-hybridized carbons (Fsp3) is 0.686. The molecule has 4 saturated carbocycles. The Morgan fingerprint density at radius 3 is 2.70 bits per heavy atom. The molecule has 1 aromatic heterocycles. The predicted octanol–water partition coefficient (Wildman–Crippen LogP) is 7.60. The molecule has 0 saturated heterocycles. The van der Waals surface area contributed by atoms with Crippen LogP contribution in [0.3, 0.4) is 0 Å². The van der Waals surface area contributed by atoms with Gasteiger partial charge >= 0.3 is 0 Å². The normalized spacial score (nSPS) is 35.4. The number of unbranched alkanes of at least 4 members (excludes halogenated alkanes) is 2. The van der Waals surface area contributed by atoms with Crippen molar-refractivity contribution in [2.45, 2.75) is 128 Å². The van der Waals surface area contributed by atoms with Crippen LogP contribution in [0.5, 0.6) is 0 Å². The van der Waals surface area contributed by atoms with E-state index in [0.717, 1.165) is 41.8 Å². The number of hydrogen-bond acceptors (Lipinski definition) is 5. The maximum Gasteiger partial charge on any atom is 0.102 e. The molecule has 3 N–H and O–H groups in total. The quantitative estimate of drug-likeness (QED) is 0.202. The summed E-state index contributed by atoms with van der Waals surface area (Å²) in [4.78, 5) is 4.96. The van der Waals surface area contributed by atoms with Crippen LogP contribution in [0.1, 0.15) is 109 Å². The highest BCUT2D eigenvalue weighted by Gasteiger charge is 2.53. The summed E-state index contributed by atoms with van der Waals surface area (Å²) < 4.78 is 0. The second kappa shape index (κ2) is 12.4. The lowest BCUT2D eigenvalue weighted by atomic mass is 9.61. The van der Waals surface area contributed by atoms with Crippen molar-refractivity contribution < 1.29 is 15.3 Å². The van der Waals surface area contributed by atoms with Crippen molar-refractivity contribution in [1.82, 2.24) is 4.98 Å². The second-order valence-electron chi connectivity index (χ2n) is 13.6. The minimum absolute atomic E-state index is 0.162. The van der Waals surface area contributed by atoms with Crippen LogP contribution in [-0.2, 0) is 11.8 Å². The molecule has 0 aliphatic heterocycles. The standard InChI is InChI=1S/C35H51NO3S/c1-5-6-7-10-27-22-40-33(36-27)35(18-19-35)32(39)16-11-23(2)29-14-15-30-25(9-8-17-34(29,30)4)12-13-26-20-28(37)21-31(38)24(26)3/h11-13,16,22-23,28-32,37-39H,3,5-10,14-15,17-21H2,1-2,4H3/t23-,28-,29-,30+,31+,32-,34-/m1/s1. The average molecular weight is 566 g/mol. The average Bonchev–Trinajstić information content (AvgIpc) is 3.46. The molecule has 5 rings (SSSR count). The molecule has 4 fully saturated rings. The molecular weight excluding hydrogens is 514 g/mol. The maximum atomic E-state index is 11.3. The topological polar surface area (TPSA) is 73.6 Å². The molecule has 40 heavy (non-hydrogen) atoms. The van der Waals surface area contributed by atoms with E-state index in [1.807, 2.05) is 0 Å². The molecule has 0 radical (unpaired) electrons. The summed E-state index contributed by atoms with van der Waals surface area (Å²) in [5.41, 5.74) is 4.59. The van der Waals surface area contributed by atoms with E-state index in [9.17, 15) is 15.3 Å². The largest absolute Gasteiger partial charge is 0.393 e. The van der Waals surface area contributed by atoms with Crippen LogP contribution in [0.2, 0.25) is 0 Å². The van der Waals surface area contributed by atoms with Gasteiger partial charge in [0.25, 0.3) is 0 Å². The number of hydrogen-bond donors (Lipinski definition) is 3. The number of aryl methyl sites for hydroxylation is 1. The Balaban J connectivity index is 1.24. The molecule has 4 aliphatic rings. The summed E-state index contributed by atoms with van der Waals surface area (Å²) in [7, 11) is 0. The minimum Gasteiger partial charge on any atom is -0.393 e. The number of nitrogens with zero attached hydrogens (tertiary/aromatic N) is 1. The van der Waals surface area contributed by atoms with Gasteiger partial charge in [0.15, 0.2) is 0 Å². The van der Waals surface area contributed by atoms with Gasteiger partial charge in [0.05, 0.1) is 29.4 Å². The summed E-state index contributed by atoms with van der Waals surface area (Å²) in [6.45, 7) is 11.2. The first kappa shape index (κ1) is 29.9. The van der Waals surface area contributed by atoms with Crippen molar-refractivity contribution in [3.63, 3.8) is 0 Å². The van der Waals surface area contributed by atoms with Gasteiger partial charge in [-0.1, -0.05) is 70.1 Å². The lowest BCUT2D eigenvalue weighted by Crippen LogP contribution is -2.35. The smallest absolute Gasteiger partial charge is 0.102 e. The highest BCUT2D eigenvalue weighted by molar-refractivity contribution is 7.09. The first-order valence-electron chi connectivity index (χ1n) is 15.9. The lowest BCUT2D eigenvalue weighted by molar-refractivity contribution is 0.0862. The molecule has 0 bridgehead atoms. The van der Waals surface area contributed by atoms with Gasteiger partial charge in [0, 0.05) is 11.8 Å². The Morgan fingerprint density at radius 1 is 1.15 bits per heavy atom. The summed E-state index contributed by atoms with van der Waals surface area (Å²) in [6, 6.07) is 0. The van der Waals surface area contributed by atoms with E-state index < -0.39 is 18.3 Å². The van der Waals surface area contributed by atoms with Crippen LogP contribution in [0.15, 0.2) is 53.0 Å². The van der Waals surface area contributed by atoms with Crippen LogP contribution in [-0.4, -0.2) is 38.6 Å². The number of aliphatic hydroxyl groups excluding tert-OH is 3. The highest BCUT2D eigenvalue weighted by atomic mass is 32.1. The van der Waals surface area contributed by atoms with Gasteiger partial charge in [-0.05, 0) is 98.5 Å². The Hall–Kier alpha value is -1.53. The second-order valence-corrected chi connectivity index (χ2v) is 14.5. The molecule has 0 unspecified atom stereocenters. The van der Waals surface area contributed by atoms with Crippen molar-refractivity contribution in [3.05, 3.63) is 63.7 Å². The number of aliphatic hydroxyl groups is 3. The summed E-state index contributed by atoms with van der Waals surface area (Å²) >= 11 is 1.75. The number of fused-ring (bicyclic) bond motifs is 1. The third kappa shape index (κ3) is 6.00. The zero-order valence-corrected chi connectivity index (χ0v) is 25.8. The first-order chi connectivity index (χ1) is 19.2. The molecule has 0 amide bonds. The summed E-state index contributed by atoms with van der Waals surface area (Å²) in [6.07, 6.45) is 21.0. The van der Waals surface area contributed by atoms with Crippen molar-refractivity contribution in [2.24, 2.45) is 23.2 Å². The SMILES string of the molecule is C=C1C(=CC=C2CCC[C@]3(C)[C@@H]([C@H](C)C=C[C@@H](O)C4(c5nc(CCCCC)cs5)CC4)CC[C@@H]23)C[C@@H](O)C[C@@H]1O. The van der Waals surface area contributed by atoms with Crippen LogP contribution >= 0.6 is 11.3 Å². The molecule has 1 aromatic rings. The summed E-state index contributed by atoms with van der Waals surface area (Å²) in [5.74, 6) is 1.60. The van der Waals surface area contributed by atoms with Gasteiger partial charge in [-0.2, -0.15) is 0 Å². The minimum atomic E-state index is -0.637. The van der Waals surface area contributed by atoms with Crippen molar-refractivity contribution in [3.8, 4) is 0 Å². The Bertz CT molecular complexity index is 1140. The number of thiazole rings is 1. The van der Waals surface area contributed by atoms with Crippen molar-refractivity contribution in [1.29, 1.82) is 0 Å². The highest BCUT2D eigenvalue weighted by Crippen LogP contribution is 2.60. The molecule has 7 atom stereocenters. The zero-order chi connectivity index (χ0) is 28.5. The third-order valence-electron chi connectivity index (χ3n) is 10.9. The molecule has 5 heteroatoms. The van der Waals surface area contributed by atoms with E-state index in [2.05, 4.69) is 57.0 Å². The Kier molecular flexibility index (Phi) is 9.26. The van der Waals surface area contributed by atoms with Gasteiger partial charge in [0.1, 0.15) is 5.01 Å². The fourth-order valence-electron chi connectivity index (χ4n) is 8.18. The maximum absolute atomic E-state index is 11.3. The van der Waals surface area contributed by atoms with Gasteiger partial charge in [-0.15, -0.1) is 11.3 Å². The molecule has 0 spiro atoms. The number of allylic oxidation sites excluding steroid dienone is 4. The van der Waals surface area contributed by atoms with Crippen molar-refractivity contribution in [2.75, 3.05) is 0 Å². The van der Waals surface area contributed by atoms with Crippen LogP contribution in [0.25, 0.3) is 0 Å². The predicted molar refractivity (Wildman–Crippen MR) is 165 cm³/mol. The van der Waals surface area contributed by atoms with Crippen LogP contribution in [0.4, 0.5) is 0 Å². The Morgan fingerprint density at radius 2 is 1.95 bits per heavy atom.